The van der Waals surface area contributed by atoms with Gasteiger partial charge in [0.2, 0.25) is 0 Å². The number of nitrogen functional groups attached to an aromatic ring is 1. The molecule has 0 aliphatic carbocycles. The van der Waals surface area contributed by atoms with Gasteiger partial charge in [-0.3, -0.25) is 14.6 Å². The number of hydrogen-bond acceptors (Lipinski definition) is 11. The lowest BCUT2D eigenvalue weighted by atomic mass is 9.97. The predicted molar refractivity (Wildman–Crippen MR) is 175 cm³/mol. The predicted octanol–water partition coefficient (Wildman–Crippen LogP) is 1.59. The maximum Gasteiger partial charge on any atom is 0.273 e. The van der Waals surface area contributed by atoms with Crippen LogP contribution >= 0.6 is 11.6 Å². The fraction of sp³-hybridized carbons (Fsp3) is 0.500. The van der Waals surface area contributed by atoms with E-state index in [9.17, 15) is 13.2 Å². The molecule has 16 heteroatoms. The number of nitrogens with zero attached hydrogens (tertiary/aromatic N) is 8. The molecule has 1 atom stereocenters. The zero-order chi connectivity index (χ0) is 32.8. The molecule has 0 radical (unpaired) electrons. The lowest BCUT2D eigenvalue weighted by Gasteiger charge is -2.47. The van der Waals surface area contributed by atoms with Gasteiger partial charge in [0.05, 0.1) is 18.0 Å². The van der Waals surface area contributed by atoms with Gasteiger partial charge in [0, 0.05) is 64.6 Å². The lowest BCUT2D eigenvalue weighted by Crippen LogP contribution is -2.58. The number of benzene rings is 1. The smallest absolute Gasteiger partial charge is 0.273 e. The lowest BCUT2D eigenvalue weighted by molar-refractivity contribution is 0.0610. The van der Waals surface area contributed by atoms with Gasteiger partial charge < -0.3 is 20.5 Å². The van der Waals surface area contributed by atoms with Crippen LogP contribution in [0, 0.1) is 11.3 Å². The molecule has 246 valence electrons. The Morgan fingerprint density at radius 2 is 1.87 bits per heavy atom. The SMILES string of the molecule is CC[C@H]1CN(c2nc(N)c(C(=O)NCCNS(=O)(=O)c3cn(C)cn3)nc2Cl)CCN1C1CCN(Cc2ccc(C#N)cc2)CC1. The number of halogens is 1. The molecular weight excluding hydrogens is 630 g/mol. The van der Waals surface area contributed by atoms with Crippen LogP contribution in [0.25, 0.3) is 0 Å². The van der Waals surface area contributed by atoms with Crippen molar-refractivity contribution in [3.05, 3.63) is 58.8 Å². The average molecular weight is 670 g/mol. The third kappa shape index (κ3) is 7.94. The van der Waals surface area contributed by atoms with E-state index in [4.69, 9.17) is 22.6 Å². The number of aromatic nitrogens is 4. The van der Waals surface area contributed by atoms with Crippen molar-refractivity contribution in [1.82, 2.24) is 39.4 Å². The van der Waals surface area contributed by atoms with E-state index in [1.807, 2.05) is 24.3 Å². The van der Waals surface area contributed by atoms with E-state index in [0.29, 0.717) is 30.0 Å². The van der Waals surface area contributed by atoms with E-state index < -0.39 is 15.9 Å². The van der Waals surface area contributed by atoms with Crippen LogP contribution in [-0.2, 0) is 23.6 Å². The summed E-state index contributed by atoms with van der Waals surface area (Å²) in [5.41, 5.74) is 7.97. The highest BCUT2D eigenvalue weighted by Crippen LogP contribution is 2.30. The number of likely N-dealkylation sites (tertiary alicyclic amines) is 1. The molecule has 3 aromatic rings. The molecule has 4 heterocycles. The van der Waals surface area contributed by atoms with E-state index in [2.05, 4.69) is 52.7 Å². The minimum absolute atomic E-state index is 0.000108. The second-order valence-electron chi connectivity index (χ2n) is 11.7. The number of imidazole rings is 1. The van der Waals surface area contributed by atoms with Crippen molar-refractivity contribution in [3.8, 4) is 6.07 Å². The molecular formula is C30H40ClN11O3S. The molecule has 2 aliphatic heterocycles. The monoisotopic (exact) mass is 669 g/mol. The minimum atomic E-state index is -3.80. The maximum absolute atomic E-state index is 12.8. The Kier molecular flexibility index (Phi) is 10.7. The number of piperidine rings is 1. The van der Waals surface area contributed by atoms with E-state index in [-0.39, 0.29) is 34.8 Å². The normalized spacial score (nSPS) is 18.4. The second-order valence-corrected chi connectivity index (χ2v) is 13.7. The molecule has 46 heavy (non-hydrogen) atoms. The summed E-state index contributed by atoms with van der Waals surface area (Å²) in [7, 11) is -2.13. The van der Waals surface area contributed by atoms with Crippen LogP contribution < -0.4 is 20.7 Å². The first-order valence-corrected chi connectivity index (χ1v) is 17.2. The quantitative estimate of drug-likeness (QED) is 0.253. The number of nitrogens with one attached hydrogen (secondary N) is 2. The molecule has 0 saturated carbocycles. The summed E-state index contributed by atoms with van der Waals surface area (Å²) >= 11 is 6.56. The fourth-order valence-corrected chi connectivity index (χ4v) is 7.35. The highest BCUT2D eigenvalue weighted by molar-refractivity contribution is 7.89. The second kappa shape index (κ2) is 14.7. The maximum atomic E-state index is 12.8. The summed E-state index contributed by atoms with van der Waals surface area (Å²) in [6.07, 6.45) is 5.92. The topological polar surface area (TPSA) is 178 Å². The molecule has 0 unspecified atom stereocenters. The summed E-state index contributed by atoms with van der Waals surface area (Å²) < 4.78 is 28.6. The van der Waals surface area contributed by atoms with E-state index in [0.717, 1.165) is 52.0 Å². The Balaban J connectivity index is 1.12. The van der Waals surface area contributed by atoms with Crippen molar-refractivity contribution in [3.63, 3.8) is 0 Å². The molecule has 4 N–H and O–H groups in total. The summed E-state index contributed by atoms with van der Waals surface area (Å²) in [4.78, 5) is 32.6. The number of amides is 1. The zero-order valence-corrected chi connectivity index (χ0v) is 27.6. The third-order valence-electron chi connectivity index (χ3n) is 8.55. The number of nitriles is 1. The number of carbonyl (C=O) groups is 1. The number of hydrogen-bond donors (Lipinski definition) is 3. The molecule has 2 aromatic heterocycles. The summed E-state index contributed by atoms with van der Waals surface area (Å²) in [5.74, 6) is -0.192. The van der Waals surface area contributed by atoms with Crippen molar-refractivity contribution in [2.45, 2.75) is 49.8 Å². The summed E-state index contributed by atoms with van der Waals surface area (Å²) in [5, 5.41) is 11.6. The molecule has 1 amide bonds. The van der Waals surface area contributed by atoms with Gasteiger partial charge >= 0.3 is 0 Å². The van der Waals surface area contributed by atoms with E-state index in [1.54, 1.807) is 7.05 Å². The van der Waals surface area contributed by atoms with Gasteiger partial charge in [-0.2, -0.15) is 5.26 Å². The highest BCUT2D eigenvalue weighted by atomic mass is 35.5. The Labute approximate surface area is 274 Å². The first-order valence-electron chi connectivity index (χ1n) is 15.4. The minimum Gasteiger partial charge on any atom is -0.382 e. The van der Waals surface area contributed by atoms with Crippen LogP contribution in [0.2, 0.25) is 5.15 Å². The van der Waals surface area contributed by atoms with Crippen molar-refractivity contribution in [2.24, 2.45) is 7.05 Å². The first-order chi connectivity index (χ1) is 22.1. The number of rotatable bonds is 11. The zero-order valence-electron chi connectivity index (χ0n) is 26.1. The van der Waals surface area contributed by atoms with Gasteiger partial charge in [-0.15, -0.1) is 0 Å². The van der Waals surface area contributed by atoms with Crippen LogP contribution in [0.1, 0.15) is 47.8 Å². The van der Waals surface area contributed by atoms with Gasteiger partial charge in [-0.05, 0) is 50.0 Å². The number of sulfonamides is 1. The Hall–Kier alpha value is -3.81. The summed E-state index contributed by atoms with van der Waals surface area (Å²) in [6.45, 7) is 7.35. The van der Waals surface area contributed by atoms with Crippen LogP contribution in [0.3, 0.4) is 0 Å². The molecule has 5 rings (SSSR count). The standard InChI is InChI=1S/C30H40ClN11O3S/c1-3-23-18-41(14-15-42(23)24-8-12-40(13-9-24)17-22-6-4-21(16-32)5-7-22)29-27(31)37-26(28(33)38-29)30(43)34-10-11-36-46(44,45)25-19-39(2)20-35-25/h4-7,19-20,23-24,36H,3,8-15,17-18H2,1-2H3,(H2,33,38)(H,34,43)/t23-/m0/s1. The van der Waals surface area contributed by atoms with Crippen LogP contribution in [0.4, 0.5) is 11.6 Å². The van der Waals surface area contributed by atoms with Crippen molar-refractivity contribution in [2.75, 3.05) is 56.4 Å². The molecule has 0 spiro atoms. The fourth-order valence-electron chi connectivity index (χ4n) is 6.09. The van der Waals surface area contributed by atoms with Gasteiger partial charge in [0.15, 0.2) is 27.5 Å². The molecule has 2 aliphatic rings. The van der Waals surface area contributed by atoms with Gasteiger partial charge in [0.1, 0.15) is 0 Å². The average Bonchev–Trinajstić information content (AvgIpc) is 3.51. The molecule has 1 aromatic carbocycles. The van der Waals surface area contributed by atoms with E-state index >= 15 is 0 Å². The van der Waals surface area contributed by atoms with E-state index in [1.165, 1.54) is 22.7 Å². The number of piperazine rings is 1. The summed E-state index contributed by atoms with van der Waals surface area (Å²) in [6, 6.07) is 10.8. The van der Waals surface area contributed by atoms with Gasteiger partial charge in [-0.1, -0.05) is 30.7 Å². The molecule has 2 fully saturated rings. The molecule has 2 saturated heterocycles. The Morgan fingerprint density at radius 3 is 2.52 bits per heavy atom. The van der Waals surface area contributed by atoms with Crippen molar-refractivity contribution in [1.29, 1.82) is 5.26 Å². The van der Waals surface area contributed by atoms with Crippen LogP contribution in [0.5, 0.6) is 0 Å². The molecule has 14 nitrogen and oxygen atoms in total. The largest absolute Gasteiger partial charge is 0.382 e. The molecule has 0 bridgehead atoms. The number of nitrogens with two attached hydrogens (primary N) is 1. The number of carbonyl (C=O) groups excluding carboxylic acids is 1. The van der Waals surface area contributed by atoms with Gasteiger partial charge in [-0.25, -0.2) is 28.1 Å². The van der Waals surface area contributed by atoms with Gasteiger partial charge in [0.25, 0.3) is 15.9 Å². The number of aryl methyl sites for hydroxylation is 1. The van der Waals surface area contributed by atoms with Crippen LogP contribution in [0.15, 0.2) is 41.8 Å². The first kappa shape index (κ1) is 33.6. The van der Waals surface area contributed by atoms with Crippen molar-refractivity contribution >= 4 is 39.2 Å². The number of anilines is 2. The van der Waals surface area contributed by atoms with Crippen molar-refractivity contribution < 1.29 is 13.2 Å². The highest BCUT2D eigenvalue weighted by Gasteiger charge is 2.34. The third-order valence-corrected chi connectivity index (χ3v) is 10.2. The Morgan fingerprint density at radius 1 is 1.13 bits per heavy atom. The van der Waals surface area contributed by atoms with Crippen LogP contribution in [-0.4, -0.2) is 102 Å². The Bertz CT molecular complexity index is 1670.